The monoisotopic (exact) mass is 246 g/mol. The second-order valence-electron chi connectivity index (χ2n) is 3.52. The summed E-state index contributed by atoms with van der Waals surface area (Å²) >= 11 is 1.58. The number of thiazole rings is 1. The molecular weight excluding hydrogens is 236 g/mol. The van der Waals surface area contributed by atoms with Crippen LogP contribution >= 0.6 is 11.3 Å². The van der Waals surface area contributed by atoms with E-state index in [1.54, 1.807) is 28.4 Å². The highest BCUT2D eigenvalue weighted by molar-refractivity contribution is 7.21. The molecule has 3 heterocycles. The molecule has 6 nitrogen and oxygen atoms in total. The number of fused-ring (bicyclic) bond motifs is 1. The van der Waals surface area contributed by atoms with Crippen LogP contribution in [0, 0.1) is 0 Å². The van der Waals surface area contributed by atoms with Gasteiger partial charge in [-0.3, -0.25) is 9.67 Å². The van der Waals surface area contributed by atoms with Crippen molar-refractivity contribution in [2.24, 2.45) is 5.73 Å². The van der Waals surface area contributed by atoms with Crippen LogP contribution in [-0.2, 0) is 6.54 Å². The first-order valence-corrected chi connectivity index (χ1v) is 5.99. The Hall–Kier alpha value is -1.86. The maximum absolute atomic E-state index is 5.46. The fraction of sp³-hybridized carbons (Fsp3) is 0.200. The molecule has 3 aromatic heterocycles. The van der Waals surface area contributed by atoms with Crippen LogP contribution in [0.3, 0.4) is 0 Å². The first-order valence-electron chi connectivity index (χ1n) is 5.18. The molecule has 0 radical (unpaired) electrons. The molecule has 0 saturated carbocycles. The highest BCUT2D eigenvalue weighted by Crippen LogP contribution is 2.27. The normalized spacial score (nSPS) is 11.1. The third-order valence-electron chi connectivity index (χ3n) is 2.31. The van der Waals surface area contributed by atoms with Gasteiger partial charge in [-0.2, -0.15) is 0 Å². The summed E-state index contributed by atoms with van der Waals surface area (Å²) in [6.45, 7) is 1.21. The van der Waals surface area contributed by atoms with E-state index in [1.165, 1.54) is 0 Å². The molecule has 0 fully saturated rings. The molecule has 0 unspecified atom stereocenters. The van der Waals surface area contributed by atoms with E-state index in [9.17, 15) is 0 Å². The van der Waals surface area contributed by atoms with E-state index in [0.29, 0.717) is 13.1 Å². The zero-order chi connectivity index (χ0) is 11.7. The summed E-state index contributed by atoms with van der Waals surface area (Å²) in [5, 5.41) is 8.93. The van der Waals surface area contributed by atoms with Gasteiger partial charge in [0.25, 0.3) is 0 Å². The lowest BCUT2D eigenvalue weighted by Crippen LogP contribution is -2.10. The van der Waals surface area contributed by atoms with Crippen LogP contribution in [-0.4, -0.2) is 31.5 Å². The van der Waals surface area contributed by atoms with Gasteiger partial charge in [-0.1, -0.05) is 5.21 Å². The van der Waals surface area contributed by atoms with Crippen LogP contribution in [0.15, 0.2) is 24.7 Å². The van der Waals surface area contributed by atoms with Crippen LogP contribution in [0.4, 0.5) is 0 Å². The number of nitrogens with two attached hydrogens (primary N) is 1. The van der Waals surface area contributed by atoms with Crippen molar-refractivity contribution in [1.82, 2.24) is 25.0 Å². The van der Waals surface area contributed by atoms with E-state index in [0.717, 1.165) is 20.9 Å². The van der Waals surface area contributed by atoms with Gasteiger partial charge in [-0.25, -0.2) is 4.98 Å². The van der Waals surface area contributed by atoms with Crippen LogP contribution < -0.4 is 5.73 Å². The van der Waals surface area contributed by atoms with Crippen molar-refractivity contribution in [2.75, 3.05) is 6.54 Å². The van der Waals surface area contributed by atoms with Crippen LogP contribution in [0.2, 0.25) is 0 Å². The average Bonchev–Trinajstić information content (AvgIpc) is 2.94. The molecule has 0 aromatic carbocycles. The summed E-state index contributed by atoms with van der Waals surface area (Å²) in [6, 6.07) is 1.95. The van der Waals surface area contributed by atoms with Crippen molar-refractivity contribution in [3.63, 3.8) is 0 Å². The van der Waals surface area contributed by atoms with E-state index in [2.05, 4.69) is 20.3 Å². The van der Waals surface area contributed by atoms with Crippen molar-refractivity contribution < 1.29 is 0 Å². The molecule has 0 atom stereocenters. The summed E-state index contributed by atoms with van der Waals surface area (Å²) < 4.78 is 2.82. The van der Waals surface area contributed by atoms with Gasteiger partial charge in [0.05, 0.1) is 23.6 Å². The van der Waals surface area contributed by atoms with E-state index in [1.807, 2.05) is 12.3 Å². The fourth-order valence-corrected chi connectivity index (χ4v) is 2.41. The topological polar surface area (TPSA) is 82.5 Å². The quantitative estimate of drug-likeness (QED) is 0.742. The van der Waals surface area contributed by atoms with Gasteiger partial charge in [0.15, 0.2) is 0 Å². The predicted molar refractivity (Wildman–Crippen MR) is 65.5 cm³/mol. The average molecular weight is 246 g/mol. The lowest BCUT2D eigenvalue weighted by Gasteiger charge is -1.92. The number of pyridine rings is 1. The van der Waals surface area contributed by atoms with Crippen LogP contribution in [0.5, 0.6) is 0 Å². The fourth-order valence-electron chi connectivity index (χ4n) is 1.53. The second kappa shape index (κ2) is 4.19. The number of nitrogens with zero attached hydrogens (tertiary/aromatic N) is 5. The zero-order valence-electron chi connectivity index (χ0n) is 8.95. The Labute approximate surface area is 101 Å². The molecule has 0 aliphatic carbocycles. The Morgan fingerprint density at radius 3 is 3.18 bits per heavy atom. The van der Waals surface area contributed by atoms with Gasteiger partial charge >= 0.3 is 0 Å². The molecule has 0 saturated heterocycles. The molecule has 0 aliphatic rings. The van der Waals surface area contributed by atoms with E-state index in [-0.39, 0.29) is 0 Å². The molecule has 0 bridgehead atoms. The minimum Gasteiger partial charge on any atom is -0.329 e. The molecule has 3 aromatic rings. The third kappa shape index (κ3) is 1.90. The van der Waals surface area contributed by atoms with Crippen molar-refractivity contribution in [3.05, 3.63) is 24.7 Å². The Kier molecular flexibility index (Phi) is 2.54. The largest absolute Gasteiger partial charge is 0.329 e. The minimum atomic E-state index is 0.548. The predicted octanol–water partition coefficient (Wildman–Crippen LogP) is 0.908. The Morgan fingerprint density at radius 2 is 2.35 bits per heavy atom. The first-order chi connectivity index (χ1) is 8.36. The van der Waals surface area contributed by atoms with Crippen molar-refractivity contribution in [2.45, 2.75) is 6.54 Å². The van der Waals surface area contributed by atoms with Crippen molar-refractivity contribution in [1.29, 1.82) is 0 Å². The SMILES string of the molecule is NCCn1cc(-c2nc3cnccc3s2)nn1. The Balaban J connectivity index is 2.01. The number of aromatic nitrogens is 5. The number of hydrogen-bond acceptors (Lipinski definition) is 6. The van der Waals surface area contributed by atoms with Gasteiger partial charge in [0.2, 0.25) is 0 Å². The molecule has 0 aliphatic heterocycles. The molecule has 0 amide bonds. The smallest absolute Gasteiger partial charge is 0.146 e. The van der Waals surface area contributed by atoms with Crippen molar-refractivity contribution >= 4 is 21.6 Å². The van der Waals surface area contributed by atoms with Gasteiger partial charge in [0, 0.05) is 12.7 Å². The molecule has 7 heteroatoms. The van der Waals surface area contributed by atoms with Gasteiger partial charge < -0.3 is 5.73 Å². The summed E-state index contributed by atoms with van der Waals surface area (Å²) in [5.41, 5.74) is 7.13. The summed E-state index contributed by atoms with van der Waals surface area (Å²) in [6.07, 6.45) is 5.37. The third-order valence-corrected chi connectivity index (χ3v) is 3.36. The minimum absolute atomic E-state index is 0.548. The number of rotatable bonds is 3. The Bertz CT molecular complexity index is 610. The highest BCUT2D eigenvalue weighted by Gasteiger charge is 2.09. The maximum Gasteiger partial charge on any atom is 0.146 e. The van der Waals surface area contributed by atoms with Crippen molar-refractivity contribution in [3.8, 4) is 10.7 Å². The van der Waals surface area contributed by atoms with Crippen LogP contribution in [0.25, 0.3) is 20.9 Å². The molecular formula is C10H10N6S. The zero-order valence-corrected chi connectivity index (χ0v) is 9.76. The lowest BCUT2D eigenvalue weighted by molar-refractivity contribution is 0.598. The lowest BCUT2D eigenvalue weighted by atomic mass is 10.4. The number of hydrogen-bond donors (Lipinski definition) is 1. The van der Waals surface area contributed by atoms with Gasteiger partial charge in [-0.05, 0) is 6.07 Å². The van der Waals surface area contributed by atoms with Gasteiger partial charge in [-0.15, -0.1) is 16.4 Å². The highest BCUT2D eigenvalue weighted by atomic mass is 32.1. The Morgan fingerprint density at radius 1 is 1.41 bits per heavy atom. The van der Waals surface area contributed by atoms with Crippen LogP contribution in [0.1, 0.15) is 0 Å². The van der Waals surface area contributed by atoms with E-state index < -0.39 is 0 Å². The standard InChI is InChI=1S/C10H10N6S/c11-2-4-16-6-8(14-15-16)10-13-7-5-12-3-1-9(7)17-10/h1,3,5-6H,2,4,11H2. The van der Waals surface area contributed by atoms with E-state index >= 15 is 0 Å². The molecule has 17 heavy (non-hydrogen) atoms. The summed E-state index contributed by atoms with van der Waals surface area (Å²) in [5.74, 6) is 0. The van der Waals surface area contributed by atoms with Gasteiger partial charge in [0.1, 0.15) is 16.2 Å². The summed E-state index contributed by atoms with van der Waals surface area (Å²) in [4.78, 5) is 8.51. The maximum atomic E-state index is 5.46. The molecule has 3 rings (SSSR count). The molecule has 2 N–H and O–H groups in total. The first kappa shape index (κ1) is 10.3. The second-order valence-corrected chi connectivity index (χ2v) is 4.55. The molecule has 86 valence electrons. The van der Waals surface area contributed by atoms with E-state index in [4.69, 9.17) is 5.73 Å². The molecule has 0 spiro atoms. The summed E-state index contributed by atoms with van der Waals surface area (Å²) in [7, 11) is 0.